The minimum Gasteiger partial charge on any atom is -0.493 e. The molecule has 2 rings (SSSR count). The van der Waals surface area contributed by atoms with Crippen LogP contribution >= 0.6 is 0 Å². The largest absolute Gasteiger partial charge is 0.493 e. The molecule has 5 nitrogen and oxygen atoms in total. The molecule has 0 saturated heterocycles. The molecule has 1 aromatic rings. The number of nitrogens with one attached hydrogen (secondary N) is 2. The number of urea groups is 1. The molecule has 5 heteroatoms. The quantitative estimate of drug-likeness (QED) is 0.724. The molecule has 0 aliphatic heterocycles. The van der Waals surface area contributed by atoms with Gasteiger partial charge in [-0.15, -0.1) is 0 Å². The number of ether oxygens (including phenoxy) is 2. The first-order valence-corrected chi connectivity index (χ1v) is 10.1. The van der Waals surface area contributed by atoms with Gasteiger partial charge in [-0.25, -0.2) is 4.79 Å². The molecule has 0 heterocycles. The van der Waals surface area contributed by atoms with Gasteiger partial charge in [-0.1, -0.05) is 69.9 Å². The molecule has 0 radical (unpaired) electrons. The predicted octanol–water partition coefficient (Wildman–Crippen LogP) is 5.00. The van der Waals surface area contributed by atoms with Crippen molar-refractivity contribution in [1.82, 2.24) is 10.6 Å². The number of rotatable bonds is 5. The van der Waals surface area contributed by atoms with Crippen LogP contribution in [0.4, 0.5) is 4.79 Å². The van der Waals surface area contributed by atoms with Gasteiger partial charge >= 0.3 is 6.03 Å². The van der Waals surface area contributed by atoms with E-state index in [1.165, 1.54) is 57.8 Å². The van der Waals surface area contributed by atoms with Crippen LogP contribution in [0.2, 0.25) is 0 Å². The molecule has 0 spiro atoms. The van der Waals surface area contributed by atoms with Gasteiger partial charge in [0.25, 0.3) is 0 Å². The minimum absolute atomic E-state index is 0.124. The standard InChI is InChI=1S/C21H34N2O3/c1-25-19-15-11-12-16-20(19)26-17-22-21(24)23-18-13-9-7-5-3-2-4-6-8-10-14-18/h11-12,15-16,18H,2-10,13-14,17H2,1H3,(H2,22,23,24). The lowest BCUT2D eigenvalue weighted by Gasteiger charge is -2.20. The smallest absolute Gasteiger partial charge is 0.317 e. The van der Waals surface area contributed by atoms with Gasteiger partial charge < -0.3 is 20.1 Å². The Kier molecular flexibility index (Phi) is 9.77. The molecule has 146 valence electrons. The highest BCUT2D eigenvalue weighted by atomic mass is 16.5. The van der Waals surface area contributed by atoms with Crippen LogP contribution in [0.3, 0.4) is 0 Å². The van der Waals surface area contributed by atoms with Crippen molar-refractivity contribution in [2.24, 2.45) is 0 Å². The van der Waals surface area contributed by atoms with Gasteiger partial charge in [0.05, 0.1) is 7.11 Å². The van der Waals surface area contributed by atoms with Gasteiger partial charge in [0.1, 0.15) is 0 Å². The summed E-state index contributed by atoms with van der Waals surface area (Å²) in [6.45, 7) is 0.124. The van der Waals surface area contributed by atoms with Crippen LogP contribution in [0, 0.1) is 0 Å². The van der Waals surface area contributed by atoms with E-state index in [2.05, 4.69) is 10.6 Å². The number of hydrogen-bond donors (Lipinski definition) is 2. The molecule has 26 heavy (non-hydrogen) atoms. The Labute approximate surface area is 157 Å². The van der Waals surface area contributed by atoms with Gasteiger partial charge in [0.2, 0.25) is 0 Å². The number of para-hydroxylation sites is 2. The molecule has 1 aliphatic rings. The predicted molar refractivity (Wildman–Crippen MR) is 105 cm³/mol. The van der Waals surface area contributed by atoms with Crippen LogP contribution in [0.5, 0.6) is 11.5 Å². The zero-order chi connectivity index (χ0) is 18.5. The highest BCUT2D eigenvalue weighted by Gasteiger charge is 2.12. The van der Waals surface area contributed by atoms with E-state index in [9.17, 15) is 4.79 Å². The third-order valence-electron chi connectivity index (χ3n) is 4.97. The number of hydrogen-bond acceptors (Lipinski definition) is 3. The van der Waals surface area contributed by atoms with E-state index in [0.29, 0.717) is 11.5 Å². The summed E-state index contributed by atoms with van der Waals surface area (Å²) in [4.78, 5) is 12.2. The Balaban J connectivity index is 1.71. The molecule has 2 amide bonds. The highest BCUT2D eigenvalue weighted by Crippen LogP contribution is 2.25. The second kappa shape index (κ2) is 12.4. The molecule has 1 aliphatic carbocycles. The first kappa shape index (κ1) is 20.4. The van der Waals surface area contributed by atoms with Gasteiger partial charge in [0, 0.05) is 6.04 Å². The molecule has 0 aromatic heterocycles. The Hall–Kier alpha value is -1.91. The fourth-order valence-corrected chi connectivity index (χ4v) is 3.46. The SMILES string of the molecule is COc1ccccc1OCNC(=O)NC1CCCCCCCCCCC1. The van der Waals surface area contributed by atoms with Crippen molar-refractivity contribution in [2.45, 2.75) is 76.7 Å². The van der Waals surface area contributed by atoms with Crippen molar-refractivity contribution in [2.75, 3.05) is 13.8 Å². The zero-order valence-electron chi connectivity index (χ0n) is 16.1. The average molecular weight is 363 g/mol. The van der Waals surface area contributed by atoms with Crippen molar-refractivity contribution in [3.8, 4) is 11.5 Å². The lowest BCUT2D eigenvalue weighted by atomic mass is 9.98. The van der Waals surface area contributed by atoms with Crippen LogP contribution < -0.4 is 20.1 Å². The van der Waals surface area contributed by atoms with Crippen molar-refractivity contribution in [3.05, 3.63) is 24.3 Å². The van der Waals surface area contributed by atoms with Crippen LogP contribution in [-0.2, 0) is 0 Å². The number of carbonyl (C=O) groups is 1. The van der Waals surface area contributed by atoms with Crippen molar-refractivity contribution < 1.29 is 14.3 Å². The second-order valence-corrected chi connectivity index (χ2v) is 7.05. The minimum atomic E-state index is -0.156. The summed E-state index contributed by atoms with van der Waals surface area (Å²) >= 11 is 0. The summed E-state index contributed by atoms with van der Waals surface area (Å²) in [6, 6.07) is 7.53. The van der Waals surface area contributed by atoms with E-state index in [1.807, 2.05) is 24.3 Å². The number of methoxy groups -OCH3 is 1. The molecule has 0 atom stereocenters. The third-order valence-corrected chi connectivity index (χ3v) is 4.97. The molecule has 1 aromatic carbocycles. The molecule has 1 saturated carbocycles. The third kappa shape index (κ3) is 7.98. The van der Waals surface area contributed by atoms with E-state index in [1.54, 1.807) is 7.11 Å². The fourth-order valence-electron chi connectivity index (χ4n) is 3.46. The Bertz CT molecular complexity index is 510. The van der Waals surface area contributed by atoms with Gasteiger partial charge in [-0.3, -0.25) is 0 Å². The molecule has 1 fully saturated rings. The van der Waals surface area contributed by atoms with Crippen molar-refractivity contribution in [3.63, 3.8) is 0 Å². The molecular weight excluding hydrogens is 328 g/mol. The normalized spacial score (nSPS) is 17.4. The summed E-state index contributed by atoms with van der Waals surface area (Å²) in [5.41, 5.74) is 0. The lowest BCUT2D eigenvalue weighted by molar-refractivity contribution is 0.216. The number of carbonyl (C=O) groups excluding carboxylic acids is 1. The van der Waals surface area contributed by atoms with Gasteiger partial charge in [0.15, 0.2) is 18.2 Å². The maximum absolute atomic E-state index is 12.2. The first-order valence-electron chi connectivity index (χ1n) is 10.1. The maximum Gasteiger partial charge on any atom is 0.317 e. The fraction of sp³-hybridized carbons (Fsp3) is 0.667. The molecule has 0 unspecified atom stereocenters. The summed E-state index contributed by atoms with van der Waals surface area (Å²) in [5, 5.41) is 5.91. The van der Waals surface area contributed by atoms with Crippen LogP contribution in [0.15, 0.2) is 24.3 Å². The number of amides is 2. The average Bonchev–Trinajstić information content (AvgIpc) is 2.64. The Morgan fingerprint density at radius 3 is 2.04 bits per heavy atom. The second-order valence-electron chi connectivity index (χ2n) is 7.05. The zero-order valence-corrected chi connectivity index (χ0v) is 16.1. The van der Waals surface area contributed by atoms with E-state index < -0.39 is 0 Å². The maximum atomic E-state index is 12.2. The van der Waals surface area contributed by atoms with Crippen LogP contribution in [-0.4, -0.2) is 25.9 Å². The summed E-state index contributed by atoms with van der Waals surface area (Å²) in [6.07, 6.45) is 13.8. The summed E-state index contributed by atoms with van der Waals surface area (Å²) < 4.78 is 10.8. The number of benzene rings is 1. The lowest BCUT2D eigenvalue weighted by Crippen LogP contribution is -2.43. The van der Waals surface area contributed by atoms with Gasteiger partial charge in [-0.2, -0.15) is 0 Å². The molecular formula is C21H34N2O3. The van der Waals surface area contributed by atoms with E-state index >= 15 is 0 Å². The van der Waals surface area contributed by atoms with E-state index in [-0.39, 0.29) is 18.8 Å². The van der Waals surface area contributed by atoms with Crippen LogP contribution in [0.1, 0.15) is 70.6 Å². The van der Waals surface area contributed by atoms with Crippen molar-refractivity contribution >= 4 is 6.03 Å². The highest BCUT2D eigenvalue weighted by molar-refractivity contribution is 5.74. The molecule has 2 N–H and O–H groups in total. The Morgan fingerprint density at radius 1 is 0.923 bits per heavy atom. The van der Waals surface area contributed by atoms with Gasteiger partial charge in [-0.05, 0) is 25.0 Å². The Morgan fingerprint density at radius 2 is 1.46 bits per heavy atom. The molecule has 0 bridgehead atoms. The topological polar surface area (TPSA) is 59.6 Å². The van der Waals surface area contributed by atoms with E-state index in [0.717, 1.165) is 12.8 Å². The summed E-state index contributed by atoms with van der Waals surface area (Å²) in [7, 11) is 1.60. The monoisotopic (exact) mass is 362 g/mol. The first-order chi connectivity index (χ1) is 12.8. The van der Waals surface area contributed by atoms with Crippen molar-refractivity contribution in [1.29, 1.82) is 0 Å². The van der Waals surface area contributed by atoms with E-state index in [4.69, 9.17) is 9.47 Å². The summed E-state index contributed by atoms with van der Waals surface area (Å²) in [5.74, 6) is 1.29. The van der Waals surface area contributed by atoms with Crippen LogP contribution in [0.25, 0.3) is 0 Å².